The van der Waals surface area contributed by atoms with Crippen LogP contribution in [0.3, 0.4) is 0 Å². The number of carbonyl (C=O) groups excluding carboxylic acids is 1. The maximum absolute atomic E-state index is 13.5. The van der Waals surface area contributed by atoms with Crippen molar-refractivity contribution in [3.8, 4) is 11.4 Å². The molecule has 0 bridgehead atoms. The highest BCUT2D eigenvalue weighted by Gasteiger charge is 2.14. The molecule has 134 valence electrons. The first-order chi connectivity index (χ1) is 13.0. The van der Waals surface area contributed by atoms with Crippen molar-refractivity contribution < 1.29 is 9.18 Å². The molecule has 2 heterocycles. The van der Waals surface area contributed by atoms with Gasteiger partial charge in [0.15, 0.2) is 0 Å². The van der Waals surface area contributed by atoms with E-state index in [1.54, 1.807) is 25.3 Å². The van der Waals surface area contributed by atoms with Crippen LogP contribution < -0.4 is 5.32 Å². The van der Waals surface area contributed by atoms with Crippen LogP contribution in [0.15, 0.2) is 60.9 Å². The molecule has 27 heavy (non-hydrogen) atoms. The molecule has 1 amide bonds. The lowest BCUT2D eigenvalue weighted by Crippen LogP contribution is -2.13. The molecule has 2 aromatic carbocycles. The van der Waals surface area contributed by atoms with Crippen LogP contribution in [0.1, 0.15) is 16.1 Å². The van der Waals surface area contributed by atoms with Gasteiger partial charge >= 0.3 is 0 Å². The number of amides is 1. The first-order valence-electron chi connectivity index (χ1n) is 8.47. The second-order valence-corrected chi connectivity index (χ2v) is 6.37. The fourth-order valence-corrected chi connectivity index (χ4v) is 3.10. The van der Waals surface area contributed by atoms with Crippen molar-refractivity contribution in [2.75, 3.05) is 5.32 Å². The van der Waals surface area contributed by atoms with Crippen LogP contribution in [-0.4, -0.2) is 20.4 Å². The van der Waals surface area contributed by atoms with Gasteiger partial charge in [-0.2, -0.15) is 0 Å². The van der Waals surface area contributed by atoms with E-state index in [2.05, 4.69) is 15.3 Å². The molecule has 0 aliphatic rings. The summed E-state index contributed by atoms with van der Waals surface area (Å²) >= 11 is 0. The van der Waals surface area contributed by atoms with Gasteiger partial charge in [-0.3, -0.25) is 9.78 Å². The van der Waals surface area contributed by atoms with Crippen LogP contribution in [0.5, 0.6) is 0 Å². The lowest BCUT2D eigenvalue weighted by Gasteiger charge is -2.10. The van der Waals surface area contributed by atoms with Crippen molar-refractivity contribution in [2.24, 2.45) is 7.05 Å². The van der Waals surface area contributed by atoms with E-state index < -0.39 is 0 Å². The van der Waals surface area contributed by atoms with Gasteiger partial charge in [-0.05, 0) is 37.3 Å². The lowest BCUT2D eigenvalue weighted by molar-refractivity contribution is 0.102. The smallest absolute Gasteiger partial charge is 0.256 e. The molecule has 0 saturated heterocycles. The Morgan fingerprint density at radius 2 is 2.00 bits per heavy atom. The van der Waals surface area contributed by atoms with Crippen LogP contribution in [0.4, 0.5) is 10.1 Å². The lowest BCUT2D eigenvalue weighted by atomic mass is 10.1. The van der Waals surface area contributed by atoms with Crippen LogP contribution in [-0.2, 0) is 7.05 Å². The maximum Gasteiger partial charge on any atom is 0.256 e. The molecule has 0 spiro atoms. The molecule has 0 fully saturated rings. The zero-order chi connectivity index (χ0) is 19.0. The number of carbonyl (C=O) groups is 1. The largest absolute Gasteiger partial charge is 0.334 e. The van der Waals surface area contributed by atoms with Gasteiger partial charge in [0, 0.05) is 47.8 Å². The summed E-state index contributed by atoms with van der Waals surface area (Å²) in [5.74, 6) is 0.163. The minimum absolute atomic E-state index is 0.269. The summed E-state index contributed by atoms with van der Waals surface area (Å²) in [6.45, 7) is 1.78. The van der Waals surface area contributed by atoms with E-state index in [1.165, 1.54) is 12.1 Å². The molecule has 0 atom stereocenters. The Labute approximate surface area is 155 Å². The number of aromatic nitrogens is 3. The van der Waals surface area contributed by atoms with Crippen molar-refractivity contribution in [2.45, 2.75) is 6.92 Å². The highest BCUT2D eigenvalue weighted by Crippen LogP contribution is 2.23. The summed E-state index contributed by atoms with van der Waals surface area (Å²) in [6, 6.07) is 13.4. The zero-order valence-electron chi connectivity index (χ0n) is 14.9. The Morgan fingerprint density at radius 3 is 2.78 bits per heavy atom. The highest BCUT2D eigenvalue weighted by molar-refractivity contribution is 6.12. The average Bonchev–Trinajstić information content (AvgIpc) is 3.07. The maximum atomic E-state index is 13.5. The molecule has 0 radical (unpaired) electrons. The van der Waals surface area contributed by atoms with Gasteiger partial charge in [0.1, 0.15) is 11.6 Å². The molecule has 2 aromatic heterocycles. The number of benzene rings is 2. The molecule has 0 saturated carbocycles. The van der Waals surface area contributed by atoms with Crippen molar-refractivity contribution in [3.05, 3.63) is 78.0 Å². The third-order valence-corrected chi connectivity index (χ3v) is 4.34. The Morgan fingerprint density at radius 1 is 1.15 bits per heavy atom. The van der Waals surface area contributed by atoms with Gasteiger partial charge in [-0.15, -0.1) is 0 Å². The number of fused-ring (bicyclic) bond motifs is 1. The Kier molecular flexibility index (Phi) is 4.16. The summed E-state index contributed by atoms with van der Waals surface area (Å²) < 4.78 is 15.4. The summed E-state index contributed by atoms with van der Waals surface area (Å²) in [6.07, 6.45) is 3.59. The van der Waals surface area contributed by atoms with Crippen molar-refractivity contribution in [1.29, 1.82) is 0 Å². The van der Waals surface area contributed by atoms with Crippen molar-refractivity contribution in [3.63, 3.8) is 0 Å². The molecule has 0 aliphatic carbocycles. The van der Waals surface area contributed by atoms with E-state index in [0.717, 1.165) is 11.4 Å². The third kappa shape index (κ3) is 3.29. The number of aryl methyl sites for hydroxylation is 2. The predicted octanol–water partition coefficient (Wildman–Crippen LogP) is 4.34. The zero-order valence-corrected chi connectivity index (χ0v) is 14.9. The highest BCUT2D eigenvalue weighted by atomic mass is 19.1. The summed E-state index contributed by atoms with van der Waals surface area (Å²) in [5.41, 5.74) is 3.13. The van der Waals surface area contributed by atoms with Crippen LogP contribution in [0.2, 0.25) is 0 Å². The van der Waals surface area contributed by atoms with Crippen LogP contribution in [0, 0.1) is 12.7 Å². The summed E-state index contributed by atoms with van der Waals surface area (Å²) in [7, 11) is 1.92. The van der Waals surface area contributed by atoms with E-state index in [-0.39, 0.29) is 11.7 Å². The number of halogens is 1. The number of nitrogens with zero attached hydrogens (tertiary/aromatic N) is 3. The van der Waals surface area contributed by atoms with Crippen molar-refractivity contribution in [1.82, 2.24) is 14.5 Å². The number of rotatable bonds is 3. The van der Waals surface area contributed by atoms with E-state index >= 15 is 0 Å². The summed E-state index contributed by atoms with van der Waals surface area (Å²) in [5, 5.41) is 3.53. The quantitative estimate of drug-likeness (QED) is 0.591. The van der Waals surface area contributed by atoms with E-state index in [1.807, 2.05) is 42.1 Å². The fraction of sp³-hybridized carbons (Fsp3) is 0.0952. The monoisotopic (exact) mass is 360 g/mol. The van der Waals surface area contributed by atoms with Gasteiger partial charge in [0.2, 0.25) is 0 Å². The molecule has 5 nitrogen and oxygen atoms in total. The topological polar surface area (TPSA) is 59.8 Å². The SMILES string of the molecule is Cc1cc(C(=O)Nc2cccc(-c3nccn3C)c2)c2ccc(F)cc2n1. The van der Waals surface area contributed by atoms with E-state index in [0.29, 0.717) is 27.8 Å². The fourth-order valence-electron chi connectivity index (χ4n) is 3.10. The number of anilines is 1. The average molecular weight is 360 g/mol. The first-order valence-corrected chi connectivity index (χ1v) is 8.47. The Hall–Kier alpha value is -3.54. The molecule has 6 heteroatoms. The van der Waals surface area contributed by atoms with Gasteiger partial charge in [-0.25, -0.2) is 9.37 Å². The van der Waals surface area contributed by atoms with Gasteiger partial charge in [-0.1, -0.05) is 12.1 Å². The number of pyridine rings is 1. The molecular formula is C21H17FN4O. The van der Waals surface area contributed by atoms with Gasteiger partial charge in [0.25, 0.3) is 5.91 Å². The molecular weight excluding hydrogens is 343 g/mol. The van der Waals surface area contributed by atoms with Gasteiger partial charge in [0.05, 0.1) is 11.1 Å². The second kappa shape index (κ2) is 6.64. The standard InChI is InChI=1S/C21H17FN4O/c1-13-10-18(17-7-6-15(22)12-19(17)24-13)21(27)25-16-5-3-4-14(11-16)20-23-8-9-26(20)2/h3-12H,1-2H3,(H,25,27). The normalized spacial score (nSPS) is 10.9. The van der Waals surface area contributed by atoms with E-state index in [9.17, 15) is 9.18 Å². The first kappa shape index (κ1) is 16.9. The second-order valence-electron chi connectivity index (χ2n) is 6.37. The minimum Gasteiger partial charge on any atom is -0.334 e. The van der Waals surface area contributed by atoms with Crippen molar-refractivity contribution >= 4 is 22.5 Å². The number of nitrogens with one attached hydrogen (secondary N) is 1. The Bertz CT molecular complexity index is 1160. The molecule has 0 aliphatic heterocycles. The van der Waals surface area contributed by atoms with E-state index in [4.69, 9.17) is 0 Å². The number of hydrogen-bond donors (Lipinski definition) is 1. The molecule has 4 aromatic rings. The minimum atomic E-state index is -0.380. The molecule has 0 unspecified atom stereocenters. The number of imidazole rings is 1. The molecule has 1 N–H and O–H groups in total. The molecule has 4 rings (SSSR count). The Balaban J connectivity index is 1.69. The third-order valence-electron chi connectivity index (χ3n) is 4.34. The van der Waals surface area contributed by atoms with Crippen LogP contribution >= 0.6 is 0 Å². The summed E-state index contributed by atoms with van der Waals surface area (Å²) in [4.78, 5) is 21.5. The predicted molar refractivity (Wildman–Crippen MR) is 103 cm³/mol. The number of hydrogen-bond acceptors (Lipinski definition) is 3. The van der Waals surface area contributed by atoms with Crippen LogP contribution in [0.25, 0.3) is 22.3 Å². The van der Waals surface area contributed by atoms with Gasteiger partial charge < -0.3 is 9.88 Å².